The van der Waals surface area contributed by atoms with Crippen LogP contribution < -0.4 is 10.9 Å². The molecule has 3 aliphatic rings. The molecule has 7 heteroatoms. The second kappa shape index (κ2) is 7.99. The second-order valence-electron chi connectivity index (χ2n) is 9.16. The van der Waals surface area contributed by atoms with E-state index in [1.54, 1.807) is 17.5 Å². The first-order valence-corrected chi connectivity index (χ1v) is 12.0. The normalized spacial score (nSPS) is 27.3. The molecule has 0 aromatic carbocycles. The maximum atomic E-state index is 12.7. The quantitative estimate of drug-likeness (QED) is 0.624. The lowest BCUT2D eigenvalue weighted by molar-refractivity contribution is -0.119. The molecule has 0 aliphatic heterocycles. The molecule has 0 spiro atoms. The Kier molecular flexibility index (Phi) is 5.73. The Bertz CT molecular complexity index is 953. The highest BCUT2D eigenvalue weighted by atomic mass is 79.9. The third kappa shape index (κ3) is 3.96. The lowest BCUT2D eigenvalue weighted by Gasteiger charge is -2.62. The van der Waals surface area contributed by atoms with Gasteiger partial charge in [-0.3, -0.25) is 9.59 Å². The molecule has 0 saturated heterocycles. The van der Waals surface area contributed by atoms with Gasteiger partial charge in [-0.1, -0.05) is 26.8 Å². The molecule has 3 saturated carbocycles. The Morgan fingerprint density at radius 2 is 2.21 bits per heavy atom. The molecule has 3 aliphatic carbocycles. The molecule has 3 fully saturated rings. The fourth-order valence-corrected chi connectivity index (χ4v) is 6.31. The van der Waals surface area contributed by atoms with E-state index in [1.165, 1.54) is 16.0 Å². The van der Waals surface area contributed by atoms with Gasteiger partial charge in [-0.25, -0.2) is 4.68 Å². The van der Waals surface area contributed by atoms with E-state index in [1.807, 2.05) is 17.5 Å². The van der Waals surface area contributed by atoms with E-state index in [0.29, 0.717) is 34.7 Å². The van der Waals surface area contributed by atoms with Gasteiger partial charge in [0.2, 0.25) is 0 Å². The molecule has 0 amide bonds. The van der Waals surface area contributed by atoms with Gasteiger partial charge in [0.15, 0.2) is 5.78 Å². The van der Waals surface area contributed by atoms with Crippen molar-refractivity contribution in [2.24, 2.45) is 23.2 Å². The largest absolute Gasteiger partial charge is 0.380 e. The molecule has 1 N–H and O–H groups in total. The number of carbonyl (C=O) groups excluding carboxylic acids is 1. The number of Topliss-reactive ketones (excluding diaryl/α,β-unsaturated/α-hetero) is 1. The minimum atomic E-state index is -0.256. The van der Waals surface area contributed by atoms with Crippen molar-refractivity contribution >= 4 is 38.7 Å². The highest BCUT2D eigenvalue weighted by molar-refractivity contribution is 9.10. The summed E-state index contributed by atoms with van der Waals surface area (Å²) in [5, 5.41) is 9.83. The van der Waals surface area contributed by atoms with Gasteiger partial charge in [0.25, 0.3) is 5.56 Å². The number of fused-ring (bicyclic) bond motifs is 2. The summed E-state index contributed by atoms with van der Waals surface area (Å²) >= 11 is 5.09. The Hall–Kier alpha value is -1.47. The van der Waals surface area contributed by atoms with Crippen LogP contribution in [0.4, 0.5) is 5.69 Å². The number of aryl methyl sites for hydroxylation is 1. The van der Waals surface area contributed by atoms with Gasteiger partial charge in [0.05, 0.1) is 11.9 Å². The molecule has 2 heterocycles. The number of hydrogen-bond donors (Lipinski definition) is 1. The molecule has 5 nitrogen and oxygen atoms in total. The van der Waals surface area contributed by atoms with Crippen molar-refractivity contribution in [1.29, 1.82) is 0 Å². The average molecular weight is 478 g/mol. The van der Waals surface area contributed by atoms with Crippen molar-refractivity contribution < 1.29 is 4.79 Å². The van der Waals surface area contributed by atoms with Crippen molar-refractivity contribution in [3.63, 3.8) is 0 Å². The summed E-state index contributed by atoms with van der Waals surface area (Å²) in [5.74, 6) is 2.05. The van der Waals surface area contributed by atoms with Crippen LogP contribution in [0.25, 0.3) is 0 Å². The maximum absolute atomic E-state index is 12.7. The van der Waals surface area contributed by atoms with Crippen molar-refractivity contribution in [3.05, 3.63) is 43.4 Å². The van der Waals surface area contributed by atoms with E-state index in [4.69, 9.17) is 0 Å². The van der Waals surface area contributed by atoms with E-state index in [2.05, 4.69) is 47.1 Å². The molecule has 5 rings (SSSR count). The highest BCUT2D eigenvalue weighted by Gasteiger charge is 2.56. The average Bonchev–Trinajstić information content (AvgIpc) is 3.20. The maximum Gasteiger partial charge on any atom is 0.283 e. The van der Waals surface area contributed by atoms with Gasteiger partial charge < -0.3 is 5.32 Å². The number of rotatable bonds is 7. The van der Waals surface area contributed by atoms with Gasteiger partial charge in [-0.05, 0) is 69.8 Å². The molecular formula is C22H28BrN3O2S. The minimum absolute atomic E-state index is 0.0151. The van der Waals surface area contributed by atoms with Crippen LogP contribution in [-0.2, 0) is 17.8 Å². The predicted molar refractivity (Wildman–Crippen MR) is 120 cm³/mol. The van der Waals surface area contributed by atoms with Gasteiger partial charge >= 0.3 is 0 Å². The summed E-state index contributed by atoms with van der Waals surface area (Å²) in [6, 6.07) is 4.36. The third-order valence-electron chi connectivity index (χ3n) is 7.24. The van der Waals surface area contributed by atoms with E-state index < -0.39 is 0 Å². The first-order valence-electron chi connectivity index (χ1n) is 10.3. The number of nitrogens with one attached hydrogen (secondary N) is 1. The van der Waals surface area contributed by atoms with Crippen LogP contribution in [0.3, 0.4) is 0 Å². The molecule has 2 bridgehead atoms. The molecule has 29 heavy (non-hydrogen) atoms. The van der Waals surface area contributed by atoms with E-state index >= 15 is 0 Å². The fourth-order valence-electron chi connectivity index (χ4n) is 5.18. The van der Waals surface area contributed by atoms with Crippen molar-refractivity contribution in [3.8, 4) is 0 Å². The van der Waals surface area contributed by atoms with Gasteiger partial charge in [-0.2, -0.15) is 5.10 Å². The van der Waals surface area contributed by atoms with Gasteiger partial charge in [0, 0.05) is 17.3 Å². The predicted octanol–water partition coefficient (Wildman–Crippen LogP) is 4.75. The smallest absolute Gasteiger partial charge is 0.283 e. The van der Waals surface area contributed by atoms with Crippen LogP contribution in [-0.4, -0.2) is 21.6 Å². The molecule has 2 aromatic heterocycles. The van der Waals surface area contributed by atoms with Crippen LogP contribution in [0, 0.1) is 23.2 Å². The number of nitrogens with zero attached hydrogens (tertiary/aromatic N) is 2. The summed E-state index contributed by atoms with van der Waals surface area (Å²) in [6.07, 6.45) is 5.26. The highest BCUT2D eigenvalue weighted by Crippen LogP contribution is 2.61. The molecule has 4 atom stereocenters. The van der Waals surface area contributed by atoms with Crippen LogP contribution in [0.5, 0.6) is 0 Å². The summed E-state index contributed by atoms with van der Waals surface area (Å²) in [6.45, 7) is 7.09. The third-order valence-corrected chi connectivity index (χ3v) is 8.94. The Morgan fingerprint density at radius 3 is 2.86 bits per heavy atom. The number of anilines is 1. The first kappa shape index (κ1) is 20.8. The SMILES string of the molecule is C[C@@H]1[C@H]2C[C@@H](C[C@H]1Nc1cnn(CC(=O)CCc3cccs3)c(=O)c1Br)C2(C)C. The zero-order valence-electron chi connectivity index (χ0n) is 17.2. The fraction of sp³-hybridized carbons (Fsp3) is 0.591. The van der Waals surface area contributed by atoms with Crippen LogP contribution >= 0.6 is 27.3 Å². The van der Waals surface area contributed by atoms with E-state index in [-0.39, 0.29) is 17.9 Å². The molecule has 0 radical (unpaired) electrons. The first-order chi connectivity index (χ1) is 13.8. The van der Waals surface area contributed by atoms with Crippen molar-refractivity contribution in [2.75, 3.05) is 5.32 Å². The number of halogens is 1. The van der Waals surface area contributed by atoms with Crippen LogP contribution in [0.2, 0.25) is 0 Å². The van der Waals surface area contributed by atoms with Crippen LogP contribution in [0.15, 0.2) is 33.0 Å². The molecule has 0 unspecified atom stereocenters. The summed E-state index contributed by atoms with van der Waals surface area (Å²) in [4.78, 5) is 26.2. The molecule has 2 aromatic rings. The topological polar surface area (TPSA) is 64.0 Å². The minimum Gasteiger partial charge on any atom is -0.380 e. The van der Waals surface area contributed by atoms with Gasteiger partial charge in [-0.15, -0.1) is 11.3 Å². The van der Waals surface area contributed by atoms with E-state index in [0.717, 1.165) is 23.9 Å². The van der Waals surface area contributed by atoms with Crippen molar-refractivity contribution in [2.45, 2.75) is 59.0 Å². The zero-order chi connectivity index (χ0) is 20.8. The monoisotopic (exact) mass is 477 g/mol. The summed E-state index contributed by atoms with van der Waals surface area (Å²) < 4.78 is 1.72. The Morgan fingerprint density at radius 1 is 1.41 bits per heavy atom. The zero-order valence-corrected chi connectivity index (χ0v) is 19.6. The van der Waals surface area contributed by atoms with Gasteiger partial charge in [0.1, 0.15) is 11.0 Å². The number of hydrogen-bond acceptors (Lipinski definition) is 5. The number of aromatic nitrogens is 2. The lowest BCUT2D eigenvalue weighted by Crippen LogP contribution is -2.58. The standard InChI is InChI=1S/C22H28BrN3O2S/c1-13-17-9-14(22(17,2)3)10-18(13)25-19-11-24-26(21(28)20(19)23)12-15(27)6-7-16-5-4-8-29-16/h4-5,8,11,13-14,17-18,25H,6-7,9-10,12H2,1-3H3/t13-,14+,17-,18-/m1/s1. The van der Waals surface area contributed by atoms with Crippen molar-refractivity contribution in [1.82, 2.24) is 9.78 Å². The number of ketones is 1. The molecular weight excluding hydrogens is 450 g/mol. The summed E-state index contributed by atoms with van der Waals surface area (Å²) in [7, 11) is 0. The Balaban J connectivity index is 1.40. The van der Waals surface area contributed by atoms with Crippen LogP contribution in [0.1, 0.15) is 44.9 Å². The molecule has 156 valence electrons. The lowest BCUT2D eigenvalue weighted by atomic mass is 9.45. The van der Waals surface area contributed by atoms with E-state index in [9.17, 15) is 9.59 Å². The summed E-state index contributed by atoms with van der Waals surface area (Å²) in [5.41, 5.74) is 0.904. The number of thiophene rings is 1. The second-order valence-corrected chi connectivity index (χ2v) is 11.0. The number of carbonyl (C=O) groups is 1. The Labute approximate surface area is 184 Å².